The van der Waals surface area contributed by atoms with E-state index in [1.54, 1.807) is 0 Å². The van der Waals surface area contributed by atoms with Crippen LogP contribution in [0.1, 0.15) is 43.5 Å². The molecule has 138 valence electrons. The van der Waals surface area contributed by atoms with Crippen molar-refractivity contribution < 1.29 is 4.79 Å². The predicted molar refractivity (Wildman–Crippen MR) is 101 cm³/mol. The fourth-order valence-electron chi connectivity index (χ4n) is 3.94. The number of hydrogen-bond donors (Lipinski definition) is 0. The van der Waals surface area contributed by atoms with E-state index in [0.717, 1.165) is 44.6 Å². The van der Waals surface area contributed by atoms with Crippen molar-refractivity contribution in [3.8, 4) is 0 Å². The first kappa shape index (κ1) is 17.3. The summed E-state index contributed by atoms with van der Waals surface area (Å²) in [4.78, 5) is 22.4. The van der Waals surface area contributed by atoms with Crippen LogP contribution in [0.3, 0.4) is 0 Å². The van der Waals surface area contributed by atoms with Crippen LogP contribution in [0.4, 0.5) is 0 Å². The van der Waals surface area contributed by atoms with Crippen molar-refractivity contribution in [1.82, 2.24) is 19.4 Å². The number of imidazole rings is 1. The third kappa shape index (κ3) is 3.83. The highest BCUT2D eigenvalue weighted by molar-refractivity contribution is 5.82. The fraction of sp³-hybridized carbons (Fsp3) is 0.524. The summed E-state index contributed by atoms with van der Waals surface area (Å²) in [5, 5.41) is 0. The molecule has 2 aromatic rings. The van der Waals surface area contributed by atoms with E-state index >= 15 is 0 Å². The number of aromatic nitrogens is 2. The average molecular weight is 352 g/mol. The maximum absolute atomic E-state index is 13.5. The quantitative estimate of drug-likeness (QED) is 0.803. The molecular formula is C21H28N4O. The largest absolute Gasteiger partial charge is 0.337 e. The Kier molecular flexibility index (Phi) is 5.07. The summed E-state index contributed by atoms with van der Waals surface area (Å²) in [6.45, 7) is 2.49. The molecule has 1 amide bonds. The monoisotopic (exact) mass is 352 g/mol. The number of likely N-dealkylation sites (tertiary alicyclic amines) is 1. The number of piperidine rings is 1. The molecule has 2 heterocycles. The van der Waals surface area contributed by atoms with Crippen molar-refractivity contribution in [3.63, 3.8) is 0 Å². The molecule has 1 saturated heterocycles. The first-order valence-electron chi connectivity index (χ1n) is 9.77. The Balaban J connectivity index is 1.50. The molecule has 5 nitrogen and oxygen atoms in total. The van der Waals surface area contributed by atoms with Gasteiger partial charge >= 0.3 is 0 Å². The smallest absolute Gasteiger partial charge is 0.240 e. The van der Waals surface area contributed by atoms with E-state index in [9.17, 15) is 4.79 Å². The molecule has 1 aliphatic heterocycles. The summed E-state index contributed by atoms with van der Waals surface area (Å²) in [7, 11) is 2.00. The van der Waals surface area contributed by atoms with E-state index in [4.69, 9.17) is 0 Å². The van der Waals surface area contributed by atoms with E-state index in [0.29, 0.717) is 18.5 Å². The second-order valence-corrected chi connectivity index (χ2v) is 7.62. The third-order valence-corrected chi connectivity index (χ3v) is 5.63. The third-order valence-electron chi connectivity index (χ3n) is 5.63. The Bertz CT molecular complexity index is 737. The van der Waals surface area contributed by atoms with Crippen molar-refractivity contribution in [1.29, 1.82) is 0 Å². The Morgan fingerprint density at radius 3 is 2.69 bits per heavy atom. The first-order chi connectivity index (χ1) is 12.7. The summed E-state index contributed by atoms with van der Waals surface area (Å²) < 4.78 is 2.02. The minimum absolute atomic E-state index is 0.00447. The predicted octanol–water partition coefficient (Wildman–Crippen LogP) is 2.97. The van der Waals surface area contributed by atoms with Crippen LogP contribution in [0.5, 0.6) is 0 Å². The molecule has 0 bridgehead atoms. The summed E-state index contributed by atoms with van der Waals surface area (Å²) in [6.07, 6.45) is 9.31. The molecule has 1 atom stereocenters. The molecule has 1 aromatic heterocycles. The topological polar surface area (TPSA) is 41.4 Å². The van der Waals surface area contributed by atoms with Gasteiger partial charge in [0.15, 0.2) is 0 Å². The molecular weight excluding hydrogens is 324 g/mol. The molecule has 1 aliphatic carbocycles. The lowest BCUT2D eigenvalue weighted by atomic mass is 9.99. The van der Waals surface area contributed by atoms with Gasteiger partial charge in [-0.1, -0.05) is 36.8 Å². The highest BCUT2D eigenvalue weighted by Crippen LogP contribution is 2.31. The van der Waals surface area contributed by atoms with Gasteiger partial charge in [0.05, 0.1) is 12.6 Å². The number of carbonyl (C=O) groups is 1. The Labute approximate surface area is 155 Å². The maximum Gasteiger partial charge on any atom is 0.240 e. The van der Waals surface area contributed by atoms with E-state index in [1.807, 2.05) is 30.1 Å². The van der Waals surface area contributed by atoms with Crippen LogP contribution in [0.25, 0.3) is 0 Å². The lowest BCUT2D eigenvalue weighted by molar-refractivity contribution is -0.140. The van der Waals surface area contributed by atoms with Gasteiger partial charge in [-0.05, 0) is 37.8 Å². The number of carbonyl (C=O) groups excluding carboxylic acids is 1. The van der Waals surface area contributed by atoms with Gasteiger partial charge in [0.25, 0.3) is 0 Å². The average Bonchev–Trinajstić information content (AvgIpc) is 3.43. The highest BCUT2D eigenvalue weighted by Gasteiger charge is 2.39. The highest BCUT2D eigenvalue weighted by atomic mass is 16.2. The van der Waals surface area contributed by atoms with Crippen LogP contribution in [0.2, 0.25) is 0 Å². The SMILES string of the molecule is Cn1ccnc1CN(C(=O)[C@H]1CCCCN1Cc1ccccc1)C1CC1. The lowest BCUT2D eigenvalue weighted by Crippen LogP contribution is -2.51. The van der Waals surface area contributed by atoms with Gasteiger partial charge in [-0.3, -0.25) is 9.69 Å². The molecule has 1 saturated carbocycles. The number of nitrogens with zero attached hydrogens (tertiary/aromatic N) is 4. The van der Waals surface area contributed by atoms with Crippen LogP contribution >= 0.6 is 0 Å². The number of aryl methyl sites for hydroxylation is 1. The van der Waals surface area contributed by atoms with Crippen molar-refractivity contribution in [2.75, 3.05) is 6.54 Å². The summed E-state index contributed by atoms with van der Waals surface area (Å²) in [5.41, 5.74) is 1.29. The first-order valence-corrected chi connectivity index (χ1v) is 9.77. The molecule has 0 spiro atoms. The normalized spacial score (nSPS) is 20.9. The summed E-state index contributed by atoms with van der Waals surface area (Å²) in [5.74, 6) is 1.27. The summed E-state index contributed by atoms with van der Waals surface area (Å²) >= 11 is 0. The van der Waals surface area contributed by atoms with E-state index in [-0.39, 0.29) is 6.04 Å². The molecule has 4 rings (SSSR count). The second kappa shape index (κ2) is 7.62. The molecule has 26 heavy (non-hydrogen) atoms. The van der Waals surface area contributed by atoms with E-state index in [2.05, 4.69) is 39.0 Å². The van der Waals surface area contributed by atoms with Crippen molar-refractivity contribution in [3.05, 3.63) is 54.1 Å². The maximum atomic E-state index is 13.5. The fourth-order valence-corrected chi connectivity index (χ4v) is 3.94. The zero-order valence-corrected chi connectivity index (χ0v) is 15.6. The van der Waals surface area contributed by atoms with Gasteiger partial charge in [0.2, 0.25) is 5.91 Å². The molecule has 0 unspecified atom stereocenters. The van der Waals surface area contributed by atoms with Gasteiger partial charge in [0.1, 0.15) is 5.82 Å². The minimum Gasteiger partial charge on any atom is -0.337 e. The number of benzene rings is 1. The van der Waals surface area contributed by atoms with Crippen LogP contribution in [0.15, 0.2) is 42.7 Å². The van der Waals surface area contributed by atoms with Gasteiger partial charge in [-0.2, -0.15) is 0 Å². The standard InChI is InChI=1S/C21H28N4O/c1-23-14-12-22-20(23)16-25(18-10-11-18)21(26)19-9-5-6-13-24(19)15-17-7-3-2-4-8-17/h2-4,7-8,12,14,18-19H,5-6,9-11,13,15-16H2,1H3/t19-/m1/s1. The van der Waals surface area contributed by atoms with E-state index in [1.165, 1.54) is 12.0 Å². The van der Waals surface area contributed by atoms with Crippen LogP contribution in [-0.4, -0.2) is 43.9 Å². The van der Waals surface area contributed by atoms with Crippen LogP contribution in [0, 0.1) is 0 Å². The van der Waals surface area contributed by atoms with E-state index < -0.39 is 0 Å². The molecule has 5 heteroatoms. The molecule has 2 fully saturated rings. The van der Waals surface area contributed by atoms with Crippen molar-refractivity contribution in [2.24, 2.45) is 7.05 Å². The molecule has 2 aliphatic rings. The zero-order valence-electron chi connectivity index (χ0n) is 15.6. The Morgan fingerprint density at radius 1 is 1.19 bits per heavy atom. The van der Waals surface area contributed by atoms with Gasteiger partial charge in [-0.15, -0.1) is 0 Å². The van der Waals surface area contributed by atoms with Crippen LogP contribution < -0.4 is 0 Å². The Hall–Kier alpha value is -2.14. The molecule has 1 aromatic carbocycles. The summed E-state index contributed by atoms with van der Waals surface area (Å²) in [6, 6.07) is 10.9. The zero-order chi connectivity index (χ0) is 17.9. The molecule has 0 N–H and O–H groups in total. The molecule has 0 radical (unpaired) electrons. The van der Waals surface area contributed by atoms with Crippen molar-refractivity contribution >= 4 is 5.91 Å². The number of amides is 1. The van der Waals surface area contributed by atoms with Crippen molar-refractivity contribution in [2.45, 2.75) is 57.3 Å². The number of hydrogen-bond acceptors (Lipinski definition) is 3. The van der Waals surface area contributed by atoms with Gasteiger partial charge in [0, 0.05) is 32.0 Å². The second-order valence-electron chi connectivity index (χ2n) is 7.62. The van der Waals surface area contributed by atoms with Gasteiger partial charge < -0.3 is 9.47 Å². The minimum atomic E-state index is 0.00447. The van der Waals surface area contributed by atoms with Gasteiger partial charge in [-0.25, -0.2) is 4.98 Å². The lowest BCUT2D eigenvalue weighted by Gasteiger charge is -2.38. The number of rotatable bonds is 6. The van der Waals surface area contributed by atoms with Crippen LogP contribution in [-0.2, 0) is 24.9 Å². The Morgan fingerprint density at radius 2 is 2.00 bits per heavy atom.